The molecule has 2 aromatic carbocycles. The number of alkyl halides is 3. The van der Waals surface area contributed by atoms with E-state index in [9.17, 15) is 18.0 Å². The number of para-hydroxylation sites is 1. The van der Waals surface area contributed by atoms with Gasteiger partial charge in [0.2, 0.25) is 5.91 Å². The lowest BCUT2D eigenvalue weighted by Crippen LogP contribution is -2.10. The molecule has 0 heterocycles. The number of hydrogen-bond acceptors (Lipinski definition) is 2. The summed E-state index contributed by atoms with van der Waals surface area (Å²) in [5.74, 6) is 0.101. The summed E-state index contributed by atoms with van der Waals surface area (Å²) < 4.78 is 43.4. The number of nitrogens with one attached hydrogen (secondary N) is 1. The van der Waals surface area contributed by atoms with Crippen LogP contribution in [0.25, 0.3) is 6.08 Å². The molecule has 0 radical (unpaired) electrons. The second-order valence-corrected chi connectivity index (χ2v) is 4.87. The van der Waals surface area contributed by atoms with Crippen molar-refractivity contribution in [3.05, 3.63) is 65.7 Å². The standard InChI is InChI=1S/C18H16F3NO2/c1-2-24-16-9-4-3-6-13(16)10-11-17(23)22-15-8-5-7-14(12-15)18(19,20)21/h3-12H,2H2,1H3,(H,22,23). The van der Waals surface area contributed by atoms with Gasteiger partial charge in [-0.25, -0.2) is 0 Å². The Balaban J connectivity index is 2.09. The Labute approximate surface area is 137 Å². The molecule has 0 aromatic heterocycles. The van der Waals surface area contributed by atoms with Gasteiger partial charge in [0.25, 0.3) is 0 Å². The molecule has 1 amide bonds. The van der Waals surface area contributed by atoms with Crippen LogP contribution in [0.15, 0.2) is 54.6 Å². The zero-order valence-corrected chi connectivity index (χ0v) is 12.9. The highest BCUT2D eigenvalue weighted by molar-refractivity contribution is 6.02. The van der Waals surface area contributed by atoms with Crippen LogP contribution in [-0.2, 0) is 11.0 Å². The van der Waals surface area contributed by atoms with E-state index in [2.05, 4.69) is 5.32 Å². The number of anilines is 1. The topological polar surface area (TPSA) is 38.3 Å². The third-order valence-corrected chi connectivity index (χ3v) is 3.09. The van der Waals surface area contributed by atoms with E-state index < -0.39 is 17.6 Å². The Morgan fingerprint density at radius 3 is 2.62 bits per heavy atom. The lowest BCUT2D eigenvalue weighted by molar-refractivity contribution is -0.137. The smallest absolute Gasteiger partial charge is 0.416 e. The van der Waals surface area contributed by atoms with E-state index in [1.807, 2.05) is 13.0 Å². The van der Waals surface area contributed by atoms with Crippen LogP contribution in [-0.4, -0.2) is 12.5 Å². The molecule has 126 valence electrons. The molecule has 0 spiro atoms. The van der Waals surface area contributed by atoms with Crippen molar-refractivity contribution in [2.45, 2.75) is 13.1 Å². The molecular weight excluding hydrogens is 319 g/mol. The molecule has 0 saturated carbocycles. The largest absolute Gasteiger partial charge is 0.493 e. The maximum absolute atomic E-state index is 12.7. The minimum absolute atomic E-state index is 0.0811. The van der Waals surface area contributed by atoms with Gasteiger partial charge in [-0.1, -0.05) is 24.3 Å². The van der Waals surface area contributed by atoms with Gasteiger partial charge in [0.1, 0.15) is 5.75 Å². The van der Waals surface area contributed by atoms with Crippen molar-refractivity contribution >= 4 is 17.7 Å². The van der Waals surface area contributed by atoms with Gasteiger partial charge >= 0.3 is 6.18 Å². The maximum atomic E-state index is 12.7. The molecule has 0 aliphatic carbocycles. The van der Waals surface area contributed by atoms with Crippen molar-refractivity contribution in [2.24, 2.45) is 0 Å². The first kappa shape index (κ1) is 17.6. The van der Waals surface area contributed by atoms with Gasteiger partial charge in [0.15, 0.2) is 0 Å². The second kappa shape index (κ2) is 7.68. The van der Waals surface area contributed by atoms with E-state index in [4.69, 9.17) is 4.74 Å². The fraction of sp³-hybridized carbons (Fsp3) is 0.167. The quantitative estimate of drug-likeness (QED) is 0.800. The van der Waals surface area contributed by atoms with E-state index in [1.54, 1.807) is 24.3 Å². The highest BCUT2D eigenvalue weighted by Gasteiger charge is 2.30. The van der Waals surface area contributed by atoms with Crippen molar-refractivity contribution in [1.29, 1.82) is 0 Å². The van der Waals surface area contributed by atoms with Crippen molar-refractivity contribution in [2.75, 3.05) is 11.9 Å². The zero-order valence-electron chi connectivity index (χ0n) is 12.9. The van der Waals surface area contributed by atoms with E-state index >= 15 is 0 Å². The summed E-state index contributed by atoms with van der Waals surface area (Å²) in [5.41, 5.74) is -0.0259. The first-order valence-electron chi connectivity index (χ1n) is 7.28. The van der Waals surface area contributed by atoms with Crippen LogP contribution in [0, 0.1) is 0 Å². The highest BCUT2D eigenvalue weighted by atomic mass is 19.4. The number of benzene rings is 2. The Morgan fingerprint density at radius 1 is 1.17 bits per heavy atom. The van der Waals surface area contributed by atoms with Crippen LogP contribution in [0.4, 0.5) is 18.9 Å². The number of carbonyl (C=O) groups excluding carboxylic acids is 1. The molecule has 3 nitrogen and oxygen atoms in total. The minimum Gasteiger partial charge on any atom is -0.493 e. The Morgan fingerprint density at radius 2 is 1.92 bits per heavy atom. The Hall–Kier alpha value is -2.76. The van der Waals surface area contributed by atoms with E-state index in [0.29, 0.717) is 17.9 Å². The van der Waals surface area contributed by atoms with Crippen LogP contribution in [0.2, 0.25) is 0 Å². The summed E-state index contributed by atoms with van der Waals surface area (Å²) in [6.45, 7) is 2.34. The molecule has 0 aliphatic rings. The van der Waals surface area contributed by atoms with Crippen molar-refractivity contribution < 1.29 is 22.7 Å². The minimum atomic E-state index is -4.45. The molecule has 2 rings (SSSR count). The predicted molar refractivity (Wildman–Crippen MR) is 86.7 cm³/mol. The molecule has 0 atom stereocenters. The Bertz CT molecular complexity index is 739. The molecule has 0 bridgehead atoms. The normalized spacial score (nSPS) is 11.5. The fourth-order valence-corrected chi connectivity index (χ4v) is 2.03. The molecule has 0 fully saturated rings. The molecule has 1 N–H and O–H groups in total. The monoisotopic (exact) mass is 335 g/mol. The molecule has 6 heteroatoms. The van der Waals surface area contributed by atoms with Crippen LogP contribution in [0.3, 0.4) is 0 Å². The molecule has 0 aliphatic heterocycles. The fourth-order valence-electron chi connectivity index (χ4n) is 2.03. The lowest BCUT2D eigenvalue weighted by atomic mass is 10.1. The summed E-state index contributed by atoms with van der Waals surface area (Å²) in [6, 6.07) is 11.6. The first-order valence-corrected chi connectivity index (χ1v) is 7.28. The van der Waals surface area contributed by atoms with Gasteiger partial charge in [-0.15, -0.1) is 0 Å². The third kappa shape index (κ3) is 4.87. The zero-order chi connectivity index (χ0) is 17.6. The molecule has 24 heavy (non-hydrogen) atoms. The van der Waals surface area contributed by atoms with E-state index in [1.165, 1.54) is 18.2 Å². The van der Waals surface area contributed by atoms with Crippen molar-refractivity contribution in [3.63, 3.8) is 0 Å². The first-order chi connectivity index (χ1) is 11.4. The molecule has 0 unspecified atom stereocenters. The van der Waals surface area contributed by atoms with Crippen molar-refractivity contribution in [1.82, 2.24) is 0 Å². The van der Waals surface area contributed by atoms with E-state index in [0.717, 1.165) is 12.1 Å². The van der Waals surface area contributed by atoms with Crippen LogP contribution < -0.4 is 10.1 Å². The van der Waals surface area contributed by atoms with Crippen LogP contribution >= 0.6 is 0 Å². The summed E-state index contributed by atoms with van der Waals surface area (Å²) in [7, 11) is 0. The average Bonchev–Trinajstić information content (AvgIpc) is 2.54. The second-order valence-electron chi connectivity index (χ2n) is 4.87. The van der Waals surface area contributed by atoms with Gasteiger partial charge in [0, 0.05) is 17.3 Å². The third-order valence-electron chi connectivity index (χ3n) is 3.09. The van der Waals surface area contributed by atoms with Crippen molar-refractivity contribution in [3.8, 4) is 5.75 Å². The van der Waals surface area contributed by atoms with Gasteiger partial charge in [-0.2, -0.15) is 13.2 Å². The molecule has 2 aromatic rings. The summed E-state index contributed by atoms with van der Waals surface area (Å²) in [5, 5.41) is 2.41. The number of halogens is 3. The number of ether oxygens (including phenoxy) is 1. The SMILES string of the molecule is CCOc1ccccc1C=CC(=O)Nc1cccc(C(F)(F)F)c1. The summed E-state index contributed by atoms with van der Waals surface area (Å²) in [6.07, 6.45) is -1.65. The van der Waals surface area contributed by atoms with Gasteiger partial charge < -0.3 is 10.1 Å². The van der Waals surface area contributed by atoms with Gasteiger partial charge in [-0.3, -0.25) is 4.79 Å². The number of hydrogen-bond donors (Lipinski definition) is 1. The Kier molecular flexibility index (Phi) is 5.63. The molecular formula is C18H16F3NO2. The summed E-state index contributed by atoms with van der Waals surface area (Å²) >= 11 is 0. The number of carbonyl (C=O) groups is 1. The molecule has 0 saturated heterocycles. The number of amides is 1. The van der Waals surface area contributed by atoms with Crippen LogP contribution in [0.1, 0.15) is 18.1 Å². The number of rotatable bonds is 5. The highest BCUT2D eigenvalue weighted by Crippen LogP contribution is 2.30. The van der Waals surface area contributed by atoms with Gasteiger partial charge in [-0.05, 0) is 37.3 Å². The predicted octanol–water partition coefficient (Wildman–Crippen LogP) is 4.76. The maximum Gasteiger partial charge on any atom is 0.416 e. The average molecular weight is 335 g/mol. The van der Waals surface area contributed by atoms with Gasteiger partial charge in [0.05, 0.1) is 12.2 Å². The van der Waals surface area contributed by atoms with E-state index in [-0.39, 0.29) is 5.69 Å². The summed E-state index contributed by atoms with van der Waals surface area (Å²) in [4.78, 5) is 11.9. The lowest BCUT2D eigenvalue weighted by Gasteiger charge is -2.09. The van der Waals surface area contributed by atoms with Crippen LogP contribution in [0.5, 0.6) is 5.75 Å².